The van der Waals surface area contributed by atoms with Gasteiger partial charge in [-0.25, -0.2) is 4.39 Å². The molecule has 178 valence electrons. The Balaban J connectivity index is 1.51. The standard InChI is InChI=1S/C34H25FN2/c35-25-8-7-13-28(22-25)37(27-11-5-2-6-12-27)32-21-17-24-14-18-29-31(36-26-9-3-1-4-10-26)20-16-23-15-19-30(32)34(24)33(23)29/h1-16,18-20,22,36H,17,21H2. The molecule has 0 bridgehead atoms. The lowest BCUT2D eigenvalue weighted by Crippen LogP contribution is -2.27. The summed E-state index contributed by atoms with van der Waals surface area (Å²) in [4.78, 5) is 2.22. The van der Waals surface area contributed by atoms with Crippen LogP contribution in [0.15, 0.2) is 121 Å². The maximum atomic E-state index is 14.4. The second-order valence-corrected chi connectivity index (χ2v) is 9.56. The van der Waals surface area contributed by atoms with Crippen molar-refractivity contribution in [2.45, 2.75) is 12.8 Å². The van der Waals surface area contributed by atoms with E-state index in [1.165, 1.54) is 44.1 Å². The quantitative estimate of drug-likeness (QED) is 0.266. The van der Waals surface area contributed by atoms with E-state index in [1.54, 1.807) is 12.1 Å². The Labute approximate surface area is 215 Å². The van der Waals surface area contributed by atoms with Gasteiger partial charge in [-0.1, -0.05) is 72.8 Å². The Morgan fingerprint density at radius 3 is 2.19 bits per heavy atom. The van der Waals surface area contributed by atoms with Crippen LogP contribution in [0.25, 0.3) is 27.2 Å². The highest BCUT2D eigenvalue weighted by Crippen LogP contribution is 2.39. The van der Waals surface area contributed by atoms with E-state index in [2.05, 4.69) is 70.9 Å². The molecule has 1 N–H and O–H groups in total. The van der Waals surface area contributed by atoms with Crippen molar-refractivity contribution in [2.24, 2.45) is 0 Å². The third kappa shape index (κ3) is 3.71. The van der Waals surface area contributed by atoms with Crippen molar-refractivity contribution in [3.05, 3.63) is 138 Å². The fourth-order valence-electron chi connectivity index (χ4n) is 5.73. The van der Waals surface area contributed by atoms with Crippen LogP contribution in [0, 0.1) is 5.82 Å². The van der Waals surface area contributed by atoms with Crippen LogP contribution in [-0.4, -0.2) is 0 Å². The van der Waals surface area contributed by atoms with E-state index in [0.29, 0.717) is 0 Å². The molecule has 0 amide bonds. The van der Waals surface area contributed by atoms with Crippen molar-refractivity contribution in [2.75, 3.05) is 10.2 Å². The summed E-state index contributed by atoms with van der Waals surface area (Å²) < 4.78 is 14.4. The largest absolute Gasteiger partial charge is 0.355 e. The van der Waals surface area contributed by atoms with Crippen LogP contribution in [-0.2, 0) is 6.42 Å². The number of rotatable bonds is 5. The molecular weight excluding hydrogens is 455 g/mol. The van der Waals surface area contributed by atoms with Gasteiger partial charge >= 0.3 is 0 Å². The van der Waals surface area contributed by atoms with Crippen LogP contribution in [0.1, 0.15) is 12.0 Å². The van der Waals surface area contributed by atoms with Crippen molar-refractivity contribution >= 4 is 50.0 Å². The van der Waals surface area contributed by atoms with Gasteiger partial charge in [-0.2, -0.15) is 0 Å². The molecule has 6 aromatic carbocycles. The molecule has 2 nitrogen and oxygen atoms in total. The molecule has 0 atom stereocenters. The first-order valence-corrected chi connectivity index (χ1v) is 12.7. The van der Waals surface area contributed by atoms with Gasteiger partial charge in [-0.15, -0.1) is 0 Å². The minimum Gasteiger partial charge on any atom is -0.355 e. The van der Waals surface area contributed by atoms with Crippen LogP contribution in [0.2, 0.25) is 0 Å². The Morgan fingerprint density at radius 1 is 0.622 bits per heavy atom. The highest BCUT2D eigenvalue weighted by Gasteiger charge is 2.22. The van der Waals surface area contributed by atoms with Crippen LogP contribution < -0.4 is 15.4 Å². The third-order valence-corrected chi connectivity index (χ3v) is 7.34. The average Bonchev–Trinajstić information content (AvgIpc) is 2.94. The zero-order chi connectivity index (χ0) is 24.8. The molecule has 6 aromatic rings. The number of hydrogen-bond acceptors (Lipinski definition) is 2. The minimum absolute atomic E-state index is 0.233. The number of nitrogens with one attached hydrogen (secondary N) is 1. The van der Waals surface area contributed by atoms with E-state index in [4.69, 9.17) is 0 Å². The van der Waals surface area contributed by atoms with Crippen molar-refractivity contribution in [3.8, 4) is 0 Å². The molecule has 1 aliphatic carbocycles. The van der Waals surface area contributed by atoms with Crippen LogP contribution in [0.3, 0.4) is 0 Å². The zero-order valence-corrected chi connectivity index (χ0v) is 20.3. The number of nitrogens with zero attached hydrogens (tertiary/aromatic N) is 1. The summed E-state index contributed by atoms with van der Waals surface area (Å²) in [5.41, 5.74) is 6.59. The van der Waals surface area contributed by atoms with E-state index >= 15 is 0 Å². The average molecular weight is 481 g/mol. The van der Waals surface area contributed by atoms with Crippen molar-refractivity contribution < 1.29 is 4.39 Å². The molecule has 0 radical (unpaired) electrons. The van der Waals surface area contributed by atoms with Crippen molar-refractivity contribution in [1.82, 2.24) is 0 Å². The van der Waals surface area contributed by atoms with E-state index in [0.717, 1.165) is 35.6 Å². The monoisotopic (exact) mass is 480 g/mol. The molecule has 0 saturated heterocycles. The van der Waals surface area contributed by atoms with Gasteiger partial charge in [-0.3, -0.25) is 0 Å². The lowest BCUT2D eigenvalue weighted by atomic mass is 9.87. The lowest BCUT2D eigenvalue weighted by molar-refractivity contribution is 0.628. The fourth-order valence-corrected chi connectivity index (χ4v) is 5.73. The topological polar surface area (TPSA) is 15.3 Å². The molecule has 0 heterocycles. The summed E-state index contributed by atoms with van der Waals surface area (Å²) in [5, 5.41) is 9.84. The summed E-state index contributed by atoms with van der Waals surface area (Å²) in [6, 6.07) is 40.9. The first-order valence-electron chi connectivity index (χ1n) is 12.7. The van der Waals surface area contributed by atoms with Crippen molar-refractivity contribution in [3.63, 3.8) is 0 Å². The Kier molecular flexibility index (Phi) is 5.14. The van der Waals surface area contributed by atoms with E-state index in [1.807, 2.05) is 42.5 Å². The number of hydrogen-bond donors (Lipinski definition) is 1. The van der Waals surface area contributed by atoms with Gasteiger partial charge in [0.15, 0.2) is 0 Å². The molecule has 37 heavy (non-hydrogen) atoms. The molecule has 7 rings (SSSR count). The third-order valence-electron chi connectivity index (χ3n) is 7.34. The van der Waals surface area contributed by atoms with Gasteiger partial charge in [0.05, 0.1) is 0 Å². The van der Waals surface area contributed by atoms with Gasteiger partial charge in [0.2, 0.25) is 0 Å². The van der Waals surface area contributed by atoms with E-state index < -0.39 is 0 Å². The number of anilines is 4. The highest BCUT2D eigenvalue weighted by atomic mass is 19.1. The minimum atomic E-state index is -0.233. The number of aryl methyl sites for hydroxylation is 1. The van der Waals surface area contributed by atoms with Crippen LogP contribution in [0.4, 0.5) is 27.1 Å². The number of benzene rings is 6. The maximum absolute atomic E-state index is 14.4. The predicted molar refractivity (Wildman–Crippen MR) is 153 cm³/mol. The summed E-state index contributed by atoms with van der Waals surface area (Å²) in [6.45, 7) is 0. The smallest absolute Gasteiger partial charge is 0.125 e. The molecule has 3 heteroatoms. The summed E-state index contributed by atoms with van der Waals surface area (Å²) in [5.74, 6) is -0.233. The maximum Gasteiger partial charge on any atom is 0.125 e. The van der Waals surface area contributed by atoms with Crippen molar-refractivity contribution in [1.29, 1.82) is 0 Å². The SMILES string of the molecule is Fc1cccc(N(C2=c3ccc4ccc(Nc5ccccc5)c5ccc(c3c45)CC2)c2ccccc2)c1. The molecule has 0 spiro atoms. The fraction of sp³-hybridized carbons (Fsp3) is 0.0588. The van der Waals surface area contributed by atoms with Crippen LogP contribution >= 0.6 is 0 Å². The molecular formula is C34H25FN2. The molecule has 0 aliphatic heterocycles. The normalized spacial score (nSPS) is 12.7. The Hall–Kier alpha value is -4.63. The summed E-state index contributed by atoms with van der Waals surface area (Å²) >= 11 is 0. The molecule has 0 saturated carbocycles. The Bertz CT molecular complexity index is 1810. The Morgan fingerprint density at radius 2 is 1.38 bits per heavy atom. The zero-order valence-electron chi connectivity index (χ0n) is 20.3. The van der Waals surface area contributed by atoms with Crippen LogP contribution in [0.5, 0.6) is 0 Å². The molecule has 0 fully saturated rings. The predicted octanol–water partition coefficient (Wildman–Crippen LogP) is 8.49. The molecule has 0 aromatic heterocycles. The lowest BCUT2D eigenvalue weighted by Gasteiger charge is -2.31. The van der Waals surface area contributed by atoms with Gasteiger partial charge in [0.25, 0.3) is 0 Å². The molecule has 0 unspecified atom stereocenters. The summed E-state index contributed by atoms with van der Waals surface area (Å²) in [7, 11) is 0. The number of para-hydroxylation sites is 2. The second-order valence-electron chi connectivity index (χ2n) is 9.56. The number of halogens is 1. The van der Waals surface area contributed by atoms with Gasteiger partial charge in [0, 0.05) is 39.1 Å². The second kappa shape index (κ2) is 8.79. The van der Waals surface area contributed by atoms with Gasteiger partial charge in [0.1, 0.15) is 5.82 Å². The first kappa shape index (κ1) is 21.6. The molecule has 1 aliphatic rings. The van der Waals surface area contributed by atoms with Gasteiger partial charge in [-0.05, 0) is 83.1 Å². The van der Waals surface area contributed by atoms with Gasteiger partial charge < -0.3 is 10.2 Å². The van der Waals surface area contributed by atoms with E-state index in [9.17, 15) is 4.39 Å². The highest BCUT2D eigenvalue weighted by molar-refractivity contribution is 6.16. The first-order chi connectivity index (χ1) is 18.3. The van der Waals surface area contributed by atoms with E-state index in [-0.39, 0.29) is 5.82 Å². The summed E-state index contributed by atoms with van der Waals surface area (Å²) in [6.07, 6.45) is 1.81.